The smallest absolute Gasteiger partial charge is 0.342 e. The zero-order valence-electron chi connectivity index (χ0n) is 9.98. The molecule has 0 aromatic heterocycles. The summed E-state index contributed by atoms with van der Waals surface area (Å²) in [4.78, 5) is 12.1. The van der Waals surface area contributed by atoms with Gasteiger partial charge in [0.15, 0.2) is 5.75 Å². The Balaban J connectivity index is 1.80. The number of hydrogen-bond acceptors (Lipinski definition) is 5. The lowest BCUT2D eigenvalue weighted by atomic mass is 10.1. The van der Waals surface area contributed by atoms with Crippen LogP contribution in [0.3, 0.4) is 0 Å². The lowest BCUT2D eigenvalue weighted by Gasteiger charge is -2.21. The minimum absolute atomic E-state index is 0.134. The van der Waals surface area contributed by atoms with Crippen molar-refractivity contribution in [3.05, 3.63) is 23.8 Å². The van der Waals surface area contributed by atoms with Gasteiger partial charge in [-0.2, -0.15) is 0 Å². The molecule has 1 aromatic rings. The van der Waals surface area contributed by atoms with E-state index in [1.54, 1.807) is 6.07 Å². The predicted octanol–water partition coefficient (Wildman–Crippen LogP) is 1.44. The van der Waals surface area contributed by atoms with Crippen molar-refractivity contribution in [2.45, 2.75) is 12.5 Å². The van der Waals surface area contributed by atoms with E-state index in [9.17, 15) is 4.79 Å². The topological polar surface area (TPSA) is 56.8 Å². The second kappa shape index (κ2) is 4.86. The number of nitrogens with one attached hydrogen (secondary N) is 1. The molecule has 0 aliphatic carbocycles. The van der Waals surface area contributed by atoms with E-state index in [0.717, 1.165) is 18.7 Å². The highest BCUT2D eigenvalue weighted by Gasteiger charge is 2.24. The molecular formula is C13H15NO4. The number of carbonyl (C=O) groups excluding carboxylic acids is 1. The average molecular weight is 249 g/mol. The molecule has 1 N–H and O–H groups in total. The number of ether oxygens (including phenoxy) is 3. The Kier molecular flexibility index (Phi) is 3.06. The number of anilines is 1. The van der Waals surface area contributed by atoms with Crippen molar-refractivity contribution in [1.82, 2.24) is 0 Å². The summed E-state index contributed by atoms with van der Waals surface area (Å²) in [5, 5.41) is 3.19. The van der Waals surface area contributed by atoms with E-state index < -0.39 is 0 Å². The molecule has 1 aromatic carbocycles. The first-order valence-electron chi connectivity index (χ1n) is 6.13. The molecule has 1 unspecified atom stereocenters. The maximum Gasteiger partial charge on any atom is 0.342 e. The van der Waals surface area contributed by atoms with Gasteiger partial charge in [-0.3, -0.25) is 0 Å². The van der Waals surface area contributed by atoms with Crippen molar-refractivity contribution in [2.24, 2.45) is 0 Å². The fourth-order valence-electron chi connectivity index (χ4n) is 2.15. The molecule has 0 amide bonds. The predicted molar refractivity (Wildman–Crippen MR) is 65.1 cm³/mol. The quantitative estimate of drug-likeness (QED) is 0.804. The monoisotopic (exact) mass is 249 g/mol. The Bertz CT molecular complexity index is 454. The fourth-order valence-corrected chi connectivity index (χ4v) is 2.15. The fraction of sp³-hybridized carbons (Fsp3) is 0.462. The minimum atomic E-state index is -0.342. The normalized spacial score (nSPS) is 21.7. The molecule has 18 heavy (non-hydrogen) atoms. The van der Waals surface area contributed by atoms with Crippen LogP contribution in [0.2, 0.25) is 0 Å². The van der Waals surface area contributed by atoms with Crippen LogP contribution in [0.15, 0.2) is 18.2 Å². The van der Waals surface area contributed by atoms with Crippen LogP contribution in [0, 0.1) is 0 Å². The maximum atomic E-state index is 12.1. The van der Waals surface area contributed by atoms with Gasteiger partial charge in [0.1, 0.15) is 18.3 Å². The summed E-state index contributed by atoms with van der Waals surface area (Å²) in [5.41, 5.74) is 1.32. The molecule has 2 aliphatic rings. The van der Waals surface area contributed by atoms with Gasteiger partial charge in [-0.15, -0.1) is 0 Å². The number of rotatable bonds is 2. The molecule has 0 radical (unpaired) electrons. The van der Waals surface area contributed by atoms with Gasteiger partial charge in [-0.05, 0) is 12.1 Å². The van der Waals surface area contributed by atoms with Gasteiger partial charge >= 0.3 is 5.97 Å². The van der Waals surface area contributed by atoms with Crippen LogP contribution in [0.1, 0.15) is 16.8 Å². The van der Waals surface area contributed by atoms with Gasteiger partial charge in [0.25, 0.3) is 0 Å². The molecule has 1 atom stereocenters. The summed E-state index contributed by atoms with van der Waals surface area (Å²) >= 11 is 0. The van der Waals surface area contributed by atoms with Crippen LogP contribution in [0.5, 0.6) is 5.75 Å². The molecule has 3 rings (SSSR count). The van der Waals surface area contributed by atoms with Crippen LogP contribution in [-0.2, 0) is 9.47 Å². The van der Waals surface area contributed by atoms with E-state index in [2.05, 4.69) is 5.32 Å². The minimum Gasteiger partial charge on any atom is -0.489 e. The first-order chi connectivity index (χ1) is 8.84. The van der Waals surface area contributed by atoms with E-state index in [1.807, 2.05) is 12.1 Å². The molecule has 5 heteroatoms. The van der Waals surface area contributed by atoms with Crippen molar-refractivity contribution in [3.8, 4) is 5.75 Å². The van der Waals surface area contributed by atoms with Crippen LogP contribution < -0.4 is 10.1 Å². The number of esters is 1. The first kappa shape index (κ1) is 11.3. The van der Waals surface area contributed by atoms with E-state index in [1.165, 1.54) is 0 Å². The standard InChI is InChI=1S/C13H15NO4/c15-13(18-9-4-6-16-8-9)10-2-1-3-11-12(10)17-7-5-14-11/h1-3,9,14H,4-8H2. The number of fused-ring (bicyclic) bond motifs is 1. The van der Waals surface area contributed by atoms with Gasteiger partial charge in [0, 0.05) is 13.0 Å². The van der Waals surface area contributed by atoms with E-state index in [-0.39, 0.29) is 12.1 Å². The van der Waals surface area contributed by atoms with Crippen LogP contribution >= 0.6 is 0 Å². The molecule has 2 aliphatic heterocycles. The highest BCUT2D eigenvalue weighted by atomic mass is 16.6. The summed E-state index contributed by atoms with van der Waals surface area (Å²) < 4.78 is 16.1. The van der Waals surface area contributed by atoms with E-state index >= 15 is 0 Å². The van der Waals surface area contributed by atoms with Crippen molar-refractivity contribution in [1.29, 1.82) is 0 Å². The third-order valence-electron chi connectivity index (χ3n) is 3.06. The van der Waals surface area contributed by atoms with Crippen molar-refractivity contribution < 1.29 is 19.0 Å². The molecule has 0 bridgehead atoms. The Morgan fingerprint density at radius 3 is 3.17 bits per heavy atom. The second-order valence-electron chi connectivity index (χ2n) is 4.35. The largest absolute Gasteiger partial charge is 0.489 e. The van der Waals surface area contributed by atoms with Crippen molar-refractivity contribution in [2.75, 3.05) is 31.7 Å². The van der Waals surface area contributed by atoms with Crippen LogP contribution in [-0.4, -0.2) is 38.4 Å². The Labute approximate surface area is 105 Å². The number of benzene rings is 1. The summed E-state index contributed by atoms with van der Waals surface area (Å²) in [7, 11) is 0. The SMILES string of the molecule is O=C(OC1CCOC1)c1cccc2c1OCCN2. The molecule has 2 heterocycles. The third-order valence-corrected chi connectivity index (χ3v) is 3.06. The Morgan fingerprint density at radius 2 is 2.33 bits per heavy atom. The molecule has 0 saturated carbocycles. The van der Waals surface area contributed by atoms with E-state index in [0.29, 0.717) is 31.1 Å². The Hall–Kier alpha value is -1.75. The lowest BCUT2D eigenvalue weighted by Crippen LogP contribution is -2.22. The van der Waals surface area contributed by atoms with Gasteiger partial charge < -0.3 is 19.5 Å². The number of carbonyl (C=O) groups is 1. The molecule has 5 nitrogen and oxygen atoms in total. The summed E-state index contributed by atoms with van der Waals surface area (Å²) in [6.45, 7) is 2.45. The summed E-state index contributed by atoms with van der Waals surface area (Å²) in [6.07, 6.45) is 0.629. The summed E-state index contributed by atoms with van der Waals surface area (Å²) in [6, 6.07) is 5.44. The Morgan fingerprint density at radius 1 is 1.39 bits per heavy atom. The third kappa shape index (κ3) is 2.13. The van der Waals surface area contributed by atoms with E-state index in [4.69, 9.17) is 14.2 Å². The van der Waals surface area contributed by atoms with Gasteiger partial charge in [0.2, 0.25) is 0 Å². The van der Waals surface area contributed by atoms with Gasteiger partial charge in [-0.1, -0.05) is 6.07 Å². The molecule has 0 spiro atoms. The van der Waals surface area contributed by atoms with Crippen molar-refractivity contribution in [3.63, 3.8) is 0 Å². The number of hydrogen-bond donors (Lipinski definition) is 1. The van der Waals surface area contributed by atoms with Crippen LogP contribution in [0.25, 0.3) is 0 Å². The molecule has 96 valence electrons. The molecular weight excluding hydrogens is 234 g/mol. The highest BCUT2D eigenvalue weighted by Crippen LogP contribution is 2.32. The maximum absolute atomic E-state index is 12.1. The second-order valence-corrected chi connectivity index (χ2v) is 4.35. The van der Waals surface area contributed by atoms with Gasteiger partial charge in [0.05, 0.1) is 18.9 Å². The molecule has 1 saturated heterocycles. The van der Waals surface area contributed by atoms with Crippen LogP contribution in [0.4, 0.5) is 5.69 Å². The van der Waals surface area contributed by atoms with Gasteiger partial charge in [-0.25, -0.2) is 4.79 Å². The number of para-hydroxylation sites is 1. The molecule has 1 fully saturated rings. The average Bonchev–Trinajstić information content (AvgIpc) is 2.91. The first-order valence-corrected chi connectivity index (χ1v) is 6.13. The van der Waals surface area contributed by atoms with Crippen molar-refractivity contribution >= 4 is 11.7 Å². The highest BCUT2D eigenvalue weighted by molar-refractivity contribution is 5.95. The summed E-state index contributed by atoms with van der Waals surface area (Å²) in [5.74, 6) is 0.249. The zero-order valence-corrected chi connectivity index (χ0v) is 9.98. The zero-order chi connectivity index (χ0) is 12.4. The lowest BCUT2D eigenvalue weighted by molar-refractivity contribution is 0.0266.